The van der Waals surface area contributed by atoms with Gasteiger partial charge in [-0.3, -0.25) is 9.59 Å². The Morgan fingerprint density at radius 1 is 1.21 bits per heavy atom. The zero-order valence-corrected chi connectivity index (χ0v) is 17.6. The van der Waals surface area contributed by atoms with E-state index in [1.165, 1.54) is 16.2 Å². The summed E-state index contributed by atoms with van der Waals surface area (Å²) in [5.41, 5.74) is 0.588. The van der Waals surface area contributed by atoms with E-state index in [0.29, 0.717) is 30.9 Å². The number of thiophene rings is 1. The van der Waals surface area contributed by atoms with Crippen LogP contribution < -0.4 is 4.74 Å². The third-order valence-electron chi connectivity index (χ3n) is 4.60. The summed E-state index contributed by atoms with van der Waals surface area (Å²) in [7, 11) is 1.59. The second-order valence-corrected chi connectivity index (χ2v) is 8.02. The number of hydrogen-bond acceptors (Lipinski definition) is 6. The van der Waals surface area contributed by atoms with Gasteiger partial charge in [0.2, 0.25) is 0 Å². The molecule has 2 aromatic rings. The quantitative estimate of drug-likeness (QED) is 0.305. The van der Waals surface area contributed by atoms with Gasteiger partial charge < -0.3 is 19.5 Å². The number of carbonyl (C=O) groups excluding carboxylic acids is 2. The third kappa shape index (κ3) is 4.52. The molecule has 1 fully saturated rings. The lowest BCUT2D eigenvalue weighted by molar-refractivity contribution is -0.140. The summed E-state index contributed by atoms with van der Waals surface area (Å²) < 4.78 is 10.7. The van der Waals surface area contributed by atoms with E-state index >= 15 is 0 Å². The molecule has 1 aromatic carbocycles. The number of aliphatic hydroxyl groups is 1. The number of amides is 1. The Labute approximate surface area is 174 Å². The van der Waals surface area contributed by atoms with Crippen LogP contribution in [0.25, 0.3) is 5.76 Å². The molecule has 0 radical (unpaired) electrons. The number of ether oxygens (including phenoxy) is 2. The average molecular weight is 416 g/mol. The molecular formula is C22H25NO5S. The van der Waals surface area contributed by atoms with Crippen molar-refractivity contribution < 1.29 is 24.2 Å². The molecule has 1 aliphatic heterocycles. The lowest BCUT2D eigenvalue weighted by atomic mass is 10.00. The normalized spacial score (nSPS) is 18.6. The van der Waals surface area contributed by atoms with Crippen molar-refractivity contribution in [2.24, 2.45) is 0 Å². The number of aliphatic hydroxyl groups excluding tert-OH is 1. The number of likely N-dealkylation sites (tertiary alicyclic amines) is 1. The van der Waals surface area contributed by atoms with E-state index < -0.39 is 17.7 Å². The Kier molecular flexibility index (Phi) is 6.71. The van der Waals surface area contributed by atoms with Crippen LogP contribution >= 0.6 is 11.3 Å². The van der Waals surface area contributed by atoms with Gasteiger partial charge in [0.15, 0.2) is 0 Å². The van der Waals surface area contributed by atoms with Gasteiger partial charge in [-0.15, -0.1) is 11.3 Å². The summed E-state index contributed by atoms with van der Waals surface area (Å²) in [6.45, 7) is 4.72. The van der Waals surface area contributed by atoms with Crippen molar-refractivity contribution in [3.05, 3.63) is 57.8 Å². The number of methoxy groups -OCH3 is 1. The first-order chi connectivity index (χ1) is 13.9. The molecule has 0 saturated carbocycles. The zero-order chi connectivity index (χ0) is 21.0. The molecule has 7 heteroatoms. The van der Waals surface area contributed by atoms with Crippen LogP contribution in [-0.2, 0) is 14.3 Å². The van der Waals surface area contributed by atoms with Crippen LogP contribution in [0.1, 0.15) is 36.8 Å². The number of rotatable bonds is 8. The Morgan fingerprint density at radius 3 is 2.52 bits per heavy atom. The molecule has 0 bridgehead atoms. The fraction of sp³-hybridized carbons (Fsp3) is 0.364. The van der Waals surface area contributed by atoms with Crippen LogP contribution in [0.3, 0.4) is 0 Å². The van der Waals surface area contributed by atoms with E-state index in [1.807, 2.05) is 31.4 Å². The van der Waals surface area contributed by atoms with Gasteiger partial charge in [0.05, 0.1) is 17.7 Å². The highest BCUT2D eigenvalue weighted by molar-refractivity contribution is 7.10. The number of carbonyl (C=O) groups is 2. The molecule has 154 valence electrons. The largest absolute Gasteiger partial charge is 0.507 e. The minimum absolute atomic E-state index is 0.0331. The van der Waals surface area contributed by atoms with Crippen molar-refractivity contribution in [2.75, 3.05) is 20.3 Å². The average Bonchev–Trinajstić information content (AvgIpc) is 3.30. The molecule has 0 aliphatic carbocycles. The summed E-state index contributed by atoms with van der Waals surface area (Å²) in [5, 5.41) is 12.9. The van der Waals surface area contributed by atoms with Crippen molar-refractivity contribution in [3.8, 4) is 5.75 Å². The predicted molar refractivity (Wildman–Crippen MR) is 112 cm³/mol. The molecule has 1 N–H and O–H groups in total. The second kappa shape index (κ2) is 9.24. The van der Waals surface area contributed by atoms with Crippen molar-refractivity contribution in [2.45, 2.75) is 32.4 Å². The summed E-state index contributed by atoms with van der Waals surface area (Å²) in [6.07, 6.45) is 0.637. The fourth-order valence-corrected chi connectivity index (χ4v) is 4.20. The van der Waals surface area contributed by atoms with Gasteiger partial charge in [0, 0.05) is 30.7 Å². The Balaban J connectivity index is 1.99. The van der Waals surface area contributed by atoms with E-state index in [1.54, 1.807) is 31.4 Å². The van der Waals surface area contributed by atoms with Crippen molar-refractivity contribution in [3.63, 3.8) is 0 Å². The number of benzene rings is 1. The van der Waals surface area contributed by atoms with Crippen LogP contribution in [0, 0.1) is 0 Å². The third-order valence-corrected chi connectivity index (χ3v) is 5.52. The van der Waals surface area contributed by atoms with Gasteiger partial charge >= 0.3 is 0 Å². The van der Waals surface area contributed by atoms with Gasteiger partial charge in [-0.2, -0.15) is 0 Å². The first-order valence-corrected chi connectivity index (χ1v) is 10.4. The van der Waals surface area contributed by atoms with Crippen molar-refractivity contribution in [1.29, 1.82) is 0 Å². The zero-order valence-electron chi connectivity index (χ0n) is 16.8. The van der Waals surface area contributed by atoms with E-state index in [2.05, 4.69) is 0 Å². The molecule has 0 unspecified atom stereocenters. The molecule has 1 atom stereocenters. The molecule has 1 aliphatic rings. The Morgan fingerprint density at radius 2 is 1.93 bits per heavy atom. The topological polar surface area (TPSA) is 76.1 Å². The lowest BCUT2D eigenvalue weighted by Crippen LogP contribution is -2.31. The highest BCUT2D eigenvalue weighted by Crippen LogP contribution is 2.41. The van der Waals surface area contributed by atoms with Crippen molar-refractivity contribution >= 4 is 28.8 Å². The molecule has 1 saturated heterocycles. The first kappa shape index (κ1) is 21.1. The van der Waals surface area contributed by atoms with Crippen LogP contribution in [0.15, 0.2) is 47.4 Å². The number of nitrogens with zero attached hydrogens (tertiary/aromatic N) is 1. The SMILES string of the molecule is COCCCN1C(=O)C(=O)C(=C(O)c2ccc(OC(C)C)cc2)[C@H]1c1cccs1. The molecule has 1 amide bonds. The monoisotopic (exact) mass is 415 g/mol. The smallest absolute Gasteiger partial charge is 0.295 e. The minimum Gasteiger partial charge on any atom is -0.507 e. The predicted octanol–water partition coefficient (Wildman–Crippen LogP) is 3.99. The summed E-state index contributed by atoms with van der Waals surface area (Å²) in [6, 6.07) is 10.0. The van der Waals surface area contributed by atoms with Gasteiger partial charge in [0.1, 0.15) is 11.5 Å². The lowest BCUT2D eigenvalue weighted by Gasteiger charge is -2.24. The number of hydrogen-bond donors (Lipinski definition) is 1. The molecule has 0 spiro atoms. The van der Waals surface area contributed by atoms with Gasteiger partial charge in [-0.25, -0.2) is 0 Å². The van der Waals surface area contributed by atoms with Crippen LogP contribution in [-0.4, -0.2) is 48.1 Å². The van der Waals surface area contributed by atoms with Crippen molar-refractivity contribution in [1.82, 2.24) is 4.90 Å². The van der Waals surface area contributed by atoms with Gasteiger partial charge in [-0.1, -0.05) is 6.07 Å². The van der Waals surface area contributed by atoms with Gasteiger partial charge in [-0.05, 0) is 56.0 Å². The molecule has 1 aromatic heterocycles. The molecular weight excluding hydrogens is 390 g/mol. The van der Waals surface area contributed by atoms with Crippen LogP contribution in [0.2, 0.25) is 0 Å². The maximum absolute atomic E-state index is 12.8. The van der Waals surface area contributed by atoms with Crippen LogP contribution in [0.4, 0.5) is 0 Å². The molecule has 2 heterocycles. The molecule has 29 heavy (non-hydrogen) atoms. The van der Waals surface area contributed by atoms with E-state index in [0.717, 1.165) is 4.88 Å². The second-order valence-electron chi connectivity index (χ2n) is 7.05. The highest BCUT2D eigenvalue weighted by Gasteiger charge is 2.46. The fourth-order valence-electron chi connectivity index (χ4n) is 3.35. The number of ketones is 1. The summed E-state index contributed by atoms with van der Waals surface area (Å²) in [5.74, 6) is -0.764. The maximum atomic E-state index is 12.8. The van der Waals surface area contributed by atoms with Crippen LogP contribution in [0.5, 0.6) is 5.75 Å². The Hall–Kier alpha value is -2.64. The highest BCUT2D eigenvalue weighted by atomic mass is 32.1. The van der Waals surface area contributed by atoms with E-state index in [4.69, 9.17) is 9.47 Å². The Bertz CT molecular complexity index is 886. The molecule has 3 rings (SSSR count). The van der Waals surface area contributed by atoms with E-state index in [-0.39, 0.29) is 17.4 Å². The molecule has 6 nitrogen and oxygen atoms in total. The first-order valence-electron chi connectivity index (χ1n) is 9.52. The summed E-state index contributed by atoms with van der Waals surface area (Å²) in [4.78, 5) is 27.9. The maximum Gasteiger partial charge on any atom is 0.295 e. The minimum atomic E-state index is -0.666. The standard InChI is InChI=1S/C22H25NO5S/c1-14(2)28-16-9-7-15(8-10-16)20(24)18-19(17-6-4-13-29-17)23(11-5-12-27-3)22(26)21(18)25/h4,6-10,13-14,19,24H,5,11-12H2,1-3H3/t19-/m1/s1. The number of Topliss-reactive ketones (excluding diaryl/α,β-unsaturated/α-hetero) is 1. The summed E-state index contributed by atoms with van der Waals surface area (Å²) >= 11 is 1.45. The van der Waals surface area contributed by atoms with E-state index in [9.17, 15) is 14.7 Å². The van der Waals surface area contributed by atoms with Gasteiger partial charge in [0.25, 0.3) is 11.7 Å².